The molecule has 0 unspecified atom stereocenters. The topological polar surface area (TPSA) is 37.8 Å². The summed E-state index contributed by atoms with van der Waals surface area (Å²) in [5, 5.41) is 5.60. The van der Waals surface area contributed by atoms with Gasteiger partial charge in [-0.1, -0.05) is 38.1 Å². The summed E-state index contributed by atoms with van der Waals surface area (Å²) in [5.41, 5.74) is 3.50. The third-order valence-electron chi connectivity index (χ3n) is 3.49. The van der Waals surface area contributed by atoms with E-state index in [1.165, 1.54) is 5.56 Å². The molecule has 0 bridgehead atoms. The Morgan fingerprint density at radius 1 is 1.05 bits per heavy atom. The second kappa shape index (κ2) is 6.71. The van der Waals surface area contributed by atoms with Gasteiger partial charge in [0.1, 0.15) is 16.5 Å². The Hall–Kier alpha value is -2.20. The lowest BCUT2D eigenvalue weighted by atomic mass is 10.1. The van der Waals surface area contributed by atoms with Crippen molar-refractivity contribution < 1.29 is 0 Å². The van der Waals surface area contributed by atoms with Gasteiger partial charge in [-0.3, -0.25) is 0 Å². The highest BCUT2D eigenvalue weighted by Crippen LogP contribution is 2.35. The van der Waals surface area contributed by atoms with Crippen molar-refractivity contribution in [1.29, 1.82) is 0 Å². The molecule has 1 N–H and O–H groups in total. The van der Waals surface area contributed by atoms with Crippen molar-refractivity contribution in [2.45, 2.75) is 26.7 Å². The Morgan fingerprint density at radius 3 is 2.68 bits per heavy atom. The van der Waals surface area contributed by atoms with Crippen LogP contribution in [0.4, 0.5) is 10.8 Å². The van der Waals surface area contributed by atoms with E-state index in [1.807, 2.05) is 18.2 Å². The van der Waals surface area contributed by atoms with E-state index in [9.17, 15) is 0 Å². The van der Waals surface area contributed by atoms with Gasteiger partial charge in [0, 0.05) is 11.8 Å². The third-order valence-corrected chi connectivity index (χ3v) is 4.60. The van der Waals surface area contributed by atoms with Gasteiger partial charge >= 0.3 is 0 Å². The van der Waals surface area contributed by atoms with E-state index in [-0.39, 0.29) is 0 Å². The maximum atomic E-state index is 4.80. The van der Waals surface area contributed by atoms with Crippen LogP contribution in [0.5, 0.6) is 0 Å². The molecular formula is C18H19N3S. The van der Waals surface area contributed by atoms with Crippen LogP contribution in [0, 0.1) is 0 Å². The van der Waals surface area contributed by atoms with Crippen LogP contribution in [-0.4, -0.2) is 9.97 Å². The molecular weight excluding hydrogens is 290 g/mol. The lowest BCUT2D eigenvalue weighted by Gasteiger charge is -2.06. The molecule has 2 aromatic heterocycles. The monoisotopic (exact) mass is 309 g/mol. The number of thiazole rings is 1. The first-order chi connectivity index (χ1) is 10.8. The van der Waals surface area contributed by atoms with Gasteiger partial charge in [0.25, 0.3) is 0 Å². The summed E-state index contributed by atoms with van der Waals surface area (Å²) in [5.74, 6) is 0.849. The molecule has 0 saturated carbocycles. The van der Waals surface area contributed by atoms with Gasteiger partial charge in [0.2, 0.25) is 0 Å². The SMILES string of the molecule is CCc1cccc(-c2nc(CC)sc2Nc2ccccn2)c1. The Kier molecular flexibility index (Phi) is 4.49. The molecule has 1 aromatic carbocycles. The number of pyridine rings is 1. The number of aryl methyl sites for hydroxylation is 2. The molecule has 2 heterocycles. The van der Waals surface area contributed by atoms with Crippen LogP contribution in [0.15, 0.2) is 48.7 Å². The first kappa shape index (κ1) is 14.7. The number of aromatic nitrogens is 2. The first-order valence-electron chi connectivity index (χ1n) is 7.57. The molecule has 3 aromatic rings. The van der Waals surface area contributed by atoms with E-state index in [4.69, 9.17) is 4.98 Å². The predicted octanol–water partition coefficient (Wildman–Crippen LogP) is 5.07. The van der Waals surface area contributed by atoms with Crippen molar-refractivity contribution in [2.75, 3.05) is 5.32 Å². The quantitative estimate of drug-likeness (QED) is 0.714. The summed E-state index contributed by atoms with van der Waals surface area (Å²) in [7, 11) is 0. The normalized spacial score (nSPS) is 10.6. The number of hydrogen-bond donors (Lipinski definition) is 1. The van der Waals surface area contributed by atoms with Crippen molar-refractivity contribution in [3.05, 3.63) is 59.2 Å². The zero-order valence-electron chi connectivity index (χ0n) is 12.8. The largest absolute Gasteiger partial charge is 0.330 e. The summed E-state index contributed by atoms with van der Waals surface area (Å²) >= 11 is 1.70. The molecule has 0 aliphatic rings. The average molecular weight is 309 g/mol. The zero-order valence-corrected chi connectivity index (χ0v) is 13.7. The maximum absolute atomic E-state index is 4.80. The van der Waals surface area contributed by atoms with Crippen molar-refractivity contribution in [2.24, 2.45) is 0 Å². The van der Waals surface area contributed by atoms with Gasteiger partial charge in [0.15, 0.2) is 0 Å². The number of hydrogen-bond acceptors (Lipinski definition) is 4. The van der Waals surface area contributed by atoms with E-state index in [1.54, 1.807) is 17.5 Å². The van der Waals surface area contributed by atoms with Crippen LogP contribution >= 0.6 is 11.3 Å². The van der Waals surface area contributed by atoms with Crippen molar-refractivity contribution in [3.8, 4) is 11.3 Å². The molecule has 0 atom stereocenters. The van der Waals surface area contributed by atoms with Gasteiger partial charge in [-0.25, -0.2) is 9.97 Å². The number of benzene rings is 1. The van der Waals surface area contributed by atoms with Crippen LogP contribution in [0.1, 0.15) is 24.4 Å². The summed E-state index contributed by atoms with van der Waals surface area (Å²) in [4.78, 5) is 9.14. The molecule has 0 saturated heterocycles. The Labute approximate surface area is 135 Å². The lowest BCUT2D eigenvalue weighted by Crippen LogP contribution is -1.93. The van der Waals surface area contributed by atoms with Gasteiger partial charge in [-0.2, -0.15) is 0 Å². The first-order valence-corrected chi connectivity index (χ1v) is 8.39. The molecule has 0 fully saturated rings. The Morgan fingerprint density at radius 2 is 1.95 bits per heavy atom. The van der Waals surface area contributed by atoms with E-state index < -0.39 is 0 Å². The van der Waals surface area contributed by atoms with E-state index >= 15 is 0 Å². The lowest BCUT2D eigenvalue weighted by molar-refractivity contribution is 1.09. The summed E-state index contributed by atoms with van der Waals surface area (Å²) < 4.78 is 0. The molecule has 0 amide bonds. The standard InChI is InChI=1S/C18H19N3S/c1-3-13-8-7-9-14(12-13)17-18(22-16(4-2)21-17)20-15-10-5-6-11-19-15/h5-12H,3-4H2,1-2H3,(H,19,20). The van der Waals surface area contributed by atoms with E-state index in [0.29, 0.717) is 0 Å². The highest BCUT2D eigenvalue weighted by molar-refractivity contribution is 7.16. The van der Waals surface area contributed by atoms with Crippen molar-refractivity contribution in [1.82, 2.24) is 9.97 Å². The highest BCUT2D eigenvalue weighted by Gasteiger charge is 2.13. The van der Waals surface area contributed by atoms with Crippen LogP contribution in [0.2, 0.25) is 0 Å². The minimum atomic E-state index is 0.849. The maximum Gasteiger partial charge on any atom is 0.130 e. The predicted molar refractivity (Wildman–Crippen MR) is 93.8 cm³/mol. The molecule has 0 aliphatic heterocycles. The zero-order chi connectivity index (χ0) is 15.4. The molecule has 0 radical (unpaired) electrons. The molecule has 3 nitrogen and oxygen atoms in total. The highest BCUT2D eigenvalue weighted by atomic mass is 32.1. The average Bonchev–Trinajstić information content (AvgIpc) is 2.99. The minimum Gasteiger partial charge on any atom is -0.330 e. The van der Waals surface area contributed by atoms with Crippen LogP contribution in [0.3, 0.4) is 0 Å². The fraction of sp³-hybridized carbons (Fsp3) is 0.222. The minimum absolute atomic E-state index is 0.849. The molecule has 112 valence electrons. The van der Waals surface area contributed by atoms with Crippen LogP contribution in [0.25, 0.3) is 11.3 Å². The molecule has 0 aliphatic carbocycles. The smallest absolute Gasteiger partial charge is 0.130 e. The van der Waals surface area contributed by atoms with E-state index in [2.05, 4.69) is 48.4 Å². The van der Waals surface area contributed by atoms with Gasteiger partial charge in [0.05, 0.1) is 5.01 Å². The van der Waals surface area contributed by atoms with E-state index in [0.717, 1.165) is 39.9 Å². The molecule has 3 rings (SSSR count). The number of rotatable bonds is 5. The molecule has 4 heteroatoms. The van der Waals surface area contributed by atoms with Crippen LogP contribution < -0.4 is 5.32 Å². The number of nitrogens with one attached hydrogen (secondary N) is 1. The third kappa shape index (κ3) is 3.17. The molecule has 22 heavy (non-hydrogen) atoms. The summed E-state index contributed by atoms with van der Waals surface area (Å²) in [6.07, 6.45) is 3.76. The fourth-order valence-electron chi connectivity index (χ4n) is 2.29. The van der Waals surface area contributed by atoms with Gasteiger partial charge < -0.3 is 5.32 Å². The second-order valence-electron chi connectivity index (χ2n) is 5.03. The van der Waals surface area contributed by atoms with Gasteiger partial charge in [-0.15, -0.1) is 11.3 Å². The Balaban J connectivity index is 2.01. The van der Waals surface area contributed by atoms with Gasteiger partial charge in [-0.05, 0) is 36.6 Å². The van der Waals surface area contributed by atoms with Crippen LogP contribution in [-0.2, 0) is 12.8 Å². The molecule has 0 spiro atoms. The number of anilines is 2. The van der Waals surface area contributed by atoms with Crippen molar-refractivity contribution >= 4 is 22.2 Å². The second-order valence-corrected chi connectivity index (χ2v) is 6.12. The summed E-state index contributed by atoms with van der Waals surface area (Å²) in [6, 6.07) is 14.5. The fourth-order valence-corrected chi connectivity index (χ4v) is 3.22. The number of nitrogens with zero attached hydrogens (tertiary/aromatic N) is 2. The Bertz CT molecular complexity index is 750. The van der Waals surface area contributed by atoms with Crippen molar-refractivity contribution in [3.63, 3.8) is 0 Å². The summed E-state index contributed by atoms with van der Waals surface area (Å²) in [6.45, 7) is 4.31.